The highest BCUT2D eigenvalue weighted by Crippen LogP contribution is 2.33. The maximum absolute atomic E-state index is 10.9. The maximum atomic E-state index is 10.9. The molecule has 1 saturated heterocycles. The van der Waals surface area contributed by atoms with E-state index in [4.69, 9.17) is 5.11 Å². The third-order valence-corrected chi connectivity index (χ3v) is 4.26. The minimum Gasteiger partial charge on any atom is -0.480 e. The van der Waals surface area contributed by atoms with E-state index in [1.165, 1.54) is 0 Å². The second kappa shape index (κ2) is 4.59. The average molecular weight is 260 g/mol. The maximum Gasteiger partial charge on any atom is 0.321 e. The molecular formula is C13H12N2O2S. The van der Waals surface area contributed by atoms with Crippen molar-refractivity contribution in [3.05, 3.63) is 42.1 Å². The minimum atomic E-state index is -0.793. The molecule has 1 aliphatic heterocycles. The van der Waals surface area contributed by atoms with E-state index in [1.807, 2.05) is 30.5 Å². The summed E-state index contributed by atoms with van der Waals surface area (Å²) >= 11 is 1.61. The van der Waals surface area contributed by atoms with Crippen LogP contribution in [-0.2, 0) is 4.79 Å². The summed E-state index contributed by atoms with van der Waals surface area (Å²) in [6, 6.07) is 9.51. The largest absolute Gasteiger partial charge is 0.480 e. The number of carboxylic acids is 1. The van der Waals surface area contributed by atoms with E-state index >= 15 is 0 Å². The summed E-state index contributed by atoms with van der Waals surface area (Å²) in [6.45, 7) is 0. The molecule has 2 atom stereocenters. The van der Waals surface area contributed by atoms with Gasteiger partial charge in [0.05, 0.1) is 10.9 Å². The molecule has 1 aromatic heterocycles. The van der Waals surface area contributed by atoms with E-state index in [0.29, 0.717) is 5.75 Å². The van der Waals surface area contributed by atoms with Gasteiger partial charge in [-0.1, -0.05) is 18.2 Å². The number of nitrogens with zero attached hydrogens (tertiary/aromatic N) is 1. The molecule has 1 aliphatic rings. The highest BCUT2D eigenvalue weighted by Gasteiger charge is 2.30. The van der Waals surface area contributed by atoms with Gasteiger partial charge in [0.1, 0.15) is 6.04 Å². The van der Waals surface area contributed by atoms with Crippen LogP contribution in [0, 0.1) is 0 Å². The van der Waals surface area contributed by atoms with Crippen molar-refractivity contribution in [3.8, 4) is 0 Å². The first-order valence-corrected chi connectivity index (χ1v) is 6.74. The van der Waals surface area contributed by atoms with Gasteiger partial charge in [-0.05, 0) is 17.7 Å². The first-order valence-electron chi connectivity index (χ1n) is 5.69. The minimum absolute atomic E-state index is 0.0169. The first-order chi connectivity index (χ1) is 8.74. The third-order valence-electron chi connectivity index (χ3n) is 2.99. The van der Waals surface area contributed by atoms with Crippen molar-refractivity contribution in [3.63, 3.8) is 0 Å². The van der Waals surface area contributed by atoms with Crippen LogP contribution in [0.5, 0.6) is 0 Å². The zero-order chi connectivity index (χ0) is 12.5. The Labute approximate surface area is 108 Å². The number of aliphatic carboxylic acids is 1. The van der Waals surface area contributed by atoms with E-state index in [-0.39, 0.29) is 5.37 Å². The Kier molecular flexibility index (Phi) is 2.93. The van der Waals surface area contributed by atoms with E-state index in [2.05, 4.69) is 16.4 Å². The van der Waals surface area contributed by atoms with Crippen molar-refractivity contribution in [2.45, 2.75) is 11.4 Å². The number of hydrogen-bond donors (Lipinski definition) is 2. The fourth-order valence-corrected chi connectivity index (χ4v) is 3.24. The standard InChI is InChI=1S/C13H12N2O2S/c16-13(17)11-7-18-12(15-11)9-5-8-3-1-2-4-10(8)14-6-9/h1-6,11-12,15H,7H2,(H,16,17)/t11-,12?/m0/s1. The summed E-state index contributed by atoms with van der Waals surface area (Å²) in [5.41, 5.74) is 1.99. The van der Waals surface area contributed by atoms with Gasteiger partial charge in [0, 0.05) is 17.3 Å². The van der Waals surface area contributed by atoms with Crippen LogP contribution in [0.15, 0.2) is 36.5 Å². The Hall–Kier alpha value is -1.59. The molecule has 3 rings (SSSR count). The molecule has 1 aromatic carbocycles. The molecule has 18 heavy (non-hydrogen) atoms. The molecule has 4 nitrogen and oxygen atoms in total. The Morgan fingerprint density at radius 1 is 1.44 bits per heavy atom. The number of pyridine rings is 1. The van der Waals surface area contributed by atoms with Crippen LogP contribution in [0.4, 0.5) is 0 Å². The second-order valence-corrected chi connectivity index (χ2v) is 5.37. The smallest absolute Gasteiger partial charge is 0.321 e. The zero-order valence-electron chi connectivity index (χ0n) is 9.54. The molecule has 0 aliphatic carbocycles. The summed E-state index contributed by atoms with van der Waals surface area (Å²) in [6.07, 6.45) is 1.82. The lowest BCUT2D eigenvalue weighted by Gasteiger charge is -2.11. The number of nitrogens with one attached hydrogen (secondary N) is 1. The normalized spacial score (nSPS) is 23.3. The number of rotatable bonds is 2. The van der Waals surface area contributed by atoms with Crippen LogP contribution in [0.3, 0.4) is 0 Å². The van der Waals surface area contributed by atoms with Crippen molar-refractivity contribution < 1.29 is 9.90 Å². The molecule has 0 radical (unpaired) electrons. The Bertz CT molecular complexity index is 602. The lowest BCUT2D eigenvalue weighted by molar-refractivity contribution is -0.138. The van der Waals surface area contributed by atoms with Gasteiger partial charge in [-0.3, -0.25) is 15.1 Å². The topological polar surface area (TPSA) is 62.2 Å². The van der Waals surface area contributed by atoms with Crippen LogP contribution in [0.1, 0.15) is 10.9 Å². The van der Waals surface area contributed by atoms with Gasteiger partial charge in [0.15, 0.2) is 0 Å². The van der Waals surface area contributed by atoms with Gasteiger partial charge in [0.25, 0.3) is 0 Å². The van der Waals surface area contributed by atoms with Gasteiger partial charge in [0.2, 0.25) is 0 Å². The summed E-state index contributed by atoms with van der Waals surface area (Å²) in [4.78, 5) is 15.3. The molecule has 2 heterocycles. The van der Waals surface area contributed by atoms with Gasteiger partial charge in [-0.2, -0.15) is 0 Å². The van der Waals surface area contributed by atoms with Crippen LogP contribution < -0.4 is 5.32 Å². The molecule has 1 fully saturated rings. The number of benzene rings is 1. The summed E-state index contributed by atoms with van der Waals surface area (Å²) in [5, 5.41) is 13.1. The molecule has 1 unspecified atom stereocenters. The quantitative estimate of drug-likeness (QED) is 0.865. The summed E-state index contributed by atoms with van der Waals surface area (Å²) in [5.74, 6) is -0.203. The molecule has 5 heteroatoms. The molecular weight excluding hydrogens is 248 g/mol. The lowest BCUT2D eigenvalue weighted by Crippen LogP contribution is -2.33. The number of fused-ring (bicyclic) bond motifs is 1. The van der Waals surface area contributed by atoms with Crippen LogP contribution in [0.2, 0.25) is 0 Å². The number of thioether (sulfide) groups is 1. The molecule has 0 amide bonds. The summed E-state index contributed by atoms with van der Waals surface area (Å²) < 4.78 is 0. The highest BCUT2D eigenvalue weighted by molar-refractivity contribution is 7.99. The molecule has 0 bridgehead atoms. The van der Waals surface area contributed by atoms with Crippen molar-refractivity contribution >= 4 is 28.6 Å². The predicted molar refractivity (Wildman–Crippen MR) is 71.5 cm³/mol. The summed E-state index contributed by atoms with van der Waals surface area (Å²) in [7, 11) is 0. The van der Waals surface area contributed by atoms with Gasteiger partial charge in [-0.25, -0.2) is 0 Å². The Morgan fingerprint density at radius 2 is 2.28 bits per heavy atom. The number of carboxylic acid groups (broad SMARTS) is 1. The SMILES string of the molecule is O=C(O)[C@@H]1CSC(c2cnc3ccccc3c2)N1. The number of para-hydroxylation sites is 1. The van der Waals surface area contributed by atoms with Crippen molar-refractivity contribution in [2.75, 3.05) is 5.75 Å². The average Bonchev–Trinajstić information content (AvgIpc) is 2.88. The van der Waals surface area contributed by atoms with E-state index in [1.54, 1.807) is 11.8 Å². The van der Waals surface area contributed by atoms with Crippen LogP contribution in [0.25, 0.3) is 10.9 Å². The van der Waals surface area contributed by atoms with E-state index in [0.717, 1.165) is 16.5 Å². The van der Waals surface area contributed by atoms with Gasteiger partial charge >= 0.3 is 5.97 Å². The van der Waals surface area contributed by atoms with E-state index < -0.39 is 12.0 Å². The van der Waals surface area contributed by atoms with Crippen LogP contribution >= 0.6 is 11.8 Å². The highest BCUT2D eigenvalue weighted by atomic mass is 32.2. The van der Waals surface area contributed by atoms with Gasteiger partial charge in [-0.15, -0.1) is 11.8 Å². The monoisotopic (exact) mass is 260 g/mol. The van der Waals surface area contributed by atoms with Gasteiger partial charge < -0.3 is 5.11 Å². The molecule has 0 spiro atoms. The molecule has 92 valence electrons. The molecule has 2 N–H and O–H groups in total. The van der Waals surface area contributed by atoms with Crippen LogP contribution in [-0.4, -0.2) is 27.9 Å². The number of hydrogen-bond acceptors (Lipinski definition) is 4. The second-order valence-electron chi connectivity index (χ2n) is 4.23. The Balaban J connectivity index is 1.89. The van der Waals surface area contributed by atoms with Crippen molar-refractivity contribution in [1.82, 2.24) is 10.3 Å². The lowest BCUT2D eigenvalue weighted by atomic mass is 10.1. The predicted octanol–water partition coefficient (Wildman–Crippen LogP) is 2.02. The Morgan fingerprint density at radius 3 is 3.06 bits per heavy atom. The first kappa shape index (κ1) is 11.5. The fraction of sp³-hybridized carbons (Fsp3) is 0.231. The van der Waals surface area contributed by atoms with Crippen molar-refractivity contribution in [1.29, 1.82) is 0 Å². The third kappa shape index (κ3) is 2.07. The number of carbonyl (C=O) groups is 1. The fourth-order valence-electron chi connectivity index (χ4n) is 2.04. The van der Waals surface area contributed by atoms with E-state index in [9.17, 15) is 4.79 Å². The number of aromatic nitrogens is 1. The zero-order valence-corrected chi connectivity index (χ0v) is 10.4. The molecule has 2 aromatic rings. The molecule has 0 saturated carbocycles. The van der Waals surface area contributed by atoms with Crippen molar-refractivity contribution in [2.24, 2.45) is 0 Å².